The van der Waals surface area contributed by atoms with Gasteiger partial charge in [-0.15, -0.1) is 0 Å². The number of esters is 1. The molecule has 0 bridgehead atoms. The molecule has 2 rings (SSSR count). The van der Waals surface area contributed by atoms with E-state index in [1.165, 1.54) is 7.11 Å². The third kappa shape index (κ3) is 1.91. The standard InChI is InChI=1S/C14H22O4/c1-12-4-5-13(12,2)9-14(8-12,6-10(15)16)7-11(17)18-3/h4-9H2,1-3H3,(H,15,16)/t12-,13+,14?. The Morgan fingerprint density at radius 2 is 1.61 bits per heavy atom. The number of hydrogen-bond acceptors (Lipinski definition) is 3. The number of hydrogen-bond donors (Lipinski definition) is 1. The first-order chi connectivity index (χ1) is 8.24. The lowest BCUT2D eigenvalue weighted by atomic mass is 9.53. The monoisotopic (exact) mass is 254 g/mol. The summed E-state index contributed by atoms with van der Waals surface area (Å²) in [5.41, 5.74) is 0.00582. The first-order valence-electron chi connectivity index (χ1n) is 6.53. The van der Waals surface area contributed by atoms with E-state index in [9.17, 15) is 9.59 Å². The molecule has 1 unspecified atom stereocenters. The molecule has 4 heteroatoms. The van der Waals surface area contributed by atoms with Crippen molar-refractivity contribution in [2.45, 2.75) is 52.4 Å². The second-order valence-corrected chi connectivity index (χ2v) is 6.80. The van der Waals surface area contributed by atoms with Crippen LogP contribution in [0.2, 0.25) is 0 Å². The Morgan fingerprint density at radius 1 is 1.11 bits per heavy atom. The molecule has 2 aliphatic carbocycles. The lowest BCUT2D eigenvalue weighted by Gasteiger charge is -2.52. The molecule has 0 amide bonds. The zero-order valence-electron chi connectivity index (χ0n) is 11.4. The summed E-state index contributed by atoms with van der Waals surface area (Å²) in [6, 6.07) is 0. The van der Waals surface area contributed by atoms with E-state index in [0.717, 1.165) is 25.7 Å². The summed E-state index contributed by atoms with van der Waals surface area (Å²) in [7, 11) is 1.36. The van der Waals surface area contributed by atoms with Crippen molar-refractivity contribution in [3.8, 4) is 0 Å². The molecular formula is C14H22O4. The molecule has 0 aliphatic heterocycles. The summed E-state index contributed by atoms with van der Waals surface area (Å²) in [5.74, 6) is -1.10. The predicted octanol–water partition coefficient (Wildman–Crippen LogP) is 2.61. The number of carboxylic acids is 1. The fraction of sp³-hybridized carbons (Fsp3) is 0.857. The normalized spacial score (nSPS) is 41.9. The Morgan fingerprint density at radius 3 is 1.94 bits per heavy atom. The number of carboxylic acid groups (broad SMARTS) is 1. The molecule has 2 fully saturated rings. The molecule has 3 atom stereocenters. The maximum absolute atomic E-state index is 11.6. The molecule has 0 aromatic carbocycles. The van der Waals surface area contributed by atoms with E-state index in [0.29, 0.717) is 0 Å². The third-order valence-corrected chi connectivity index (χ3v) is 5.49. The summed E-state index contributed by atoms with van der Waals surface area (Å²) in [6.07, 6.45) is 4.27. The van der Waals surface area contributed by atoms with E-state index in [1.54, 1.807) is 0 Å². The van der Waals surface area contributed by atoms with Gasteiger partial charge < -0.3 is 9.84 Å². The number of rotatable bonds is 4. The summed E-state index contributed by atoms with van der Waals surface area (Å²) in [6.45, 7) is 4.47. The largest absolute Gasteiger partial charge is 0.481 e. The highest BCUT2D eigenvalue weighted by molar-refractivity contribution is 5.73. The SMILES string of the molecule is COC(=O)CC1(CC(=O)O)C[C@]2(C)CC[C@]2(C)C1. The second kappa shape index (κ2) is 3.97. The Hall–Kier alpha value is -1.06. The van der Waals surface area contributed by atoms with Gasteiger partial charge in [-0.25, -0.2) is 0 Å². The first-order valence-corrected chi connectivity index (χ1v) is 6.53. The van der Waals surface area contributed by atoms with Crippen LogP contribution in [-0.4, -0.2) is 24.2 Å². The van der Waals surface area contributed by atoms with Gasteiger partial charge in [0.2, 0.25) is 0 Å². The number of ether oxygens (including phenoxy) is 1. The van der Waals surface area contributed by atoms with Crippen LogP contribution < -0.4 is 0 Å². The third-order valence-electron chi connectivity index (χ3n) is 5.49. The molecule has 102 valence electrons. The van der Waals surface area contributed by atoms with Gasteiger partial charge in [-0.05, 0) is 41.9 Å². The van der Waals surface area contributed by atoms with Crippen LogP contribution in [0.15, 0.2) is 0 Å². The zero-order valence-corrected chi connectivity index (χ0v) is 11.4. The van der Waals surface area contributed by atoms with Crippen LogP contribution in [0.5, 0.6) is 0 Å². The molecule has 0 spiro atoms. The molecule has 0 aromatic rings. The molecule has 0 saturated heterocycles. The van der Waals surface area contributed by atoms with Crippen molar-refractivity contribution in [1.82, 2.24) is 0 Å². The van der Waals surface area contributed by atoms with Gasteiger partial charge in [0.25, 0.3) is 0 Å². The number of aliphatic carboxylic acids is 1. The molecular weight excluding hydrogens is 232 g/mol. The fourth-order valence-electron chi connectivity index (χ4n) is 4.31. The molecule has 0 heterocycles. The minimum atomic E-state index is -0.813. The molecule has 2 aliphatic rings. The van der Waals surface area contributed by atoms with Crippen LogP contribution in [-0.2, 0) is 14.3 Å². The quantitative estimate of drug-likeness (QED) is 0.783. The van der Waals surface area contributed by atoms with Gasteiger partial charge >= 0.3 is 11.9 Å². The lowest BCUT2D eigenvalue weighted by Crippen LogP contribution is -2.42. The van der Waals surface area contributed by atoms with Crippen LogP contribution in [0.1, 0.15) is 52.4 Å². The number of fused-ring (bicyclic) bond motifs is 1. The molecule has 4 nitrogen and oxygen atoms in total. The maximum Gasteiger partial charge on any atom is 0.306 e. The number of carbonyl (C=O) groups is 2. The average Bonchev–Trinajstić information content (AvgIpc) is 2.37. The van der Waals surface area contributed by atoms with Crippen LogP contribution in [0.3, 0.4) is 0 Å². The smallest absolute Gasteiger partial charge is 0.306 e. The summed E-state index contributed by atoms with van der Waals surface area (Å²) >= 11 is 0. The minimum Gasteiger partial charge on any atom is -0.481 e. The fourth-order valence-corrected chi connectivity index (χ4v) is 4.31. The van der Waals surface area contributed by atoms with Gasteiger partial charge in [0.05, 0.1) is 20.0 Å². The van der Waals surface area contributed by atoms with E-state index < -0.39 is 11.4 Å². The average molecular weight is 254 g/mol. The summed E-state index contributed by atoms with van der Waals surface area (Å²) < 4.78 is 4.74. The van der Waals surface area contributed by atoms with Crippen LogP contribution in [0.25, 0.3) is 0 Å². The lowest BCUT2D eigenvalue weighted by molar-refractivity contribution is -0.146. The van der Waals surface area contributed by atoms with Gasteiger partial charge in [-0.1, -0.05) is 13.8 Å². The zero-order chi connectivity index (χ0) is 13.6. The molecule has 2 saturated carbocycles. The highest BCUT2D eigenvalue weighted by Crippen LogP contribution is 2.72. The van der Waals surface area contributed by atoms with E-state index in [1.807, 2.05) is 0 Å². The summed E-state index contributed by atoms with van der Waals surface area (Å²) in [5, 5.41) is 9.13. The summed E-state index contributed by atoms with van der Waals surface area (Å²) in [4.78, 5) is 22.7. The second-order valence-electron chi connectivity index (χ2n) is 6.80. The predicted molar refractivity (Wildman–Crippen MR) is 66.0 cm³/mol. The van der Waals surface area contributed by atoms with Gasteiger partial charge in [0, 0.05) is 0 Å². The van der Waals surface area contributed by atoms with Crippen LogP contribution in [0.4, 0.5) is 0 Å². The van der Waals surface area contributed by atoms with E-state index in [2.05, 4.69) is 13.8 Å². The van der Waals surface area contributed by atoms with Crippen molar-refractivity contribution in [2.24, 2.45) is 16.2 Å². The Bertz CT molecular complexity index is 371. The van der Waals surface area contributed by atoms with Crippen molar-refractivity contribution in [2.75, 3.05) is 7.11 Å². The molecule has 0 radical (unpaired) electrons. The highest BCUT2D eigenvalue weighted by atomic mass is 16.5. The van der Waals surface area contributed by atoms with Gasteiger partial charge in [0.1, 0.15) is 0 Å². The molecule has 1 N–H and O–H groups in total. The molecule has 18 heavy (non-hydrogen) atoms. The van der Waals surface area contributed by atoms with Crippen molar-refractivity contribution < 1.29 is 19.4 Å². The highest BCUT2D eigenvalue weighted by Gasteiger charge is 2.64. The van der Waals surface area contributed by atoms with E-state index >= 15 is 0 Å². The van der Waals surface area contributed by atoms with Crippen molar-refractivity contribution in [3.63, 3.8) is 0 Å². The topological polar surface area (TPSA) is 63.6 Å². The first kappa shape index (κ1) is 13.4. The Kier molecular flexibility index (Phi) is 2.95. The number of carbonyl (C=O) groups excluding carboxylic acids is 1. The number of methoxy groups -OCH3 is 1. The Labute approximate surface area is 108 Å². The maximum atomic E-state index is 11.6. The molecule has 0 aromatic heterocycles. The van der Waals surface area contributed by atoms with Crippen LogP contribution >= 0.6 is 0 Å². The van der Waals surface area contributed by atoms with Crippen molar-refractivity contribution in [3.05, 3.63) is 0 Å². The van der Waals surface area contributed by atoms with Crippen LogP contribution in [0, 0.1) is 16.2 Å². The van der Waals surface area contributed by atoms with E-state index in [-0.39, 0.29) is 29.6 Å². The van der Waals surface area contributed by atoms with Gasteiger partial charge in [-0.2, -0.15) is 0 Å². The van der Waals surface area contributed by atoms with Crippen molar-refractivity contribution in [1.29, 1.82) is 0 Å². The minimum absolute atomic E-state index is 0.0767. The Balaban J connectivity index is 2.22. The van der Waals surface area contributed by atoms with Gasteiger partial charge in [0.15, 0.2) is 0 Å². The van der Waals surface area contributed by atoms with Gasteiger partial charge in [-0.3, -0.25) is 9.59 Å². The van der Waals surface area contributed by atoms with E-state index in [4.69, 9.17) is 9.84 Å². The van der Waals surface area contributed by atoms with Crippen molar-refractivity contribution >= 4 is 11.9 Å².